The molecule has 0 bridgehead atoms. The Morgan fingerprint density at radius 1 is 1.25 bits per heavy atom. The van der Waals surface area contributed by atoms with Crippen molar-refractivity contribution in [3.05, 3.63) is 58.6 Å². The second kappa shape index (κ2) is 7.97. The molecule has 1 aromatic carbocycles. The van der Waals surface area contributed by atoms with Crippen molar-refractivity contribution < 1.29 is 4.52 Å². The molecule has 0 saturated carbocycles. The molecule has 0 fully saturated rings. The SMILES string of the molecule is CCCCc1noc([C@H](C)Sc2nc3c(cnn3-c3ccccc3)c(=O)[nH]2)n1. The number of aromatic nitrogens is 6. The molecule has 3 aromatic heterocycles. The first-order chi connectivity index (χ1) is 13.7. The highest BCUT2D eigenvalue weighted by Gasteiger charge is 2.19. The fourth-order valence-corrected chi connectivity index (χ4v) is 3.62. The van der Waals surface area contributed by atoms with Gasteiger partial charge in [-0.1, -0.05) is 48.5 Å². The lowest BCUT2D eigenvalue weighted by atomic mass is 10.2. The van der Waals surface area contributed by atoms with Gasteiger partial charge in [0.15, 0.2) is 16.6 Å². The summed E-state index contributed by atoms with van der Waals surface area (Å²) < 4.78 is 7.03. The molecule has 144 valence electrons. The molecule has 9 heteroatoms. The summed E-state index contributed by atoms with van der Waals surface area (Å²) >= 11 is 1.37. The van der Waals surface area contributed by atoms with Crippen LogP contribution >= 0.6 is 11.8 Å². The summed E-state index contributed by atoms with van der Waals surface area (Å²) in [6.07, 6.45) is 4.43. The molecule has 8 nitrogen and oxygen atoms in total. The zero-order valence-electron chi connectivity index (χ0n) is 15.6. The Bertz CT molecular complexity index is 1130. The number of para-hydroxylation sites is 1. The molecule has 0 aliphatic carbocycles. The molecular weight excluding hydrogens is 376 g/mol. The second-order valence-electron chi connectivity index (χ2n) is 6.41. The van der Waals surface area contributed by atoms with Crippen molar-refractivity contribution >= 4 is 22.8 Å². The van der Waals surface area contributed by atoms with Gasteiger partial charge in [-0.05, 0) is 25.5 Å². The smallest absolute Gasteiger partial charge is 0.262 e. The summed E-state index contributed by atoms with van der Waals surface area (Å²) in [5.41, 5.74) is 1.13. The molecule has 1 N–H and O–H groups in total. The molecule has 1 atom stereocenters. The Balaban J connectivity index is 1.62. The molecule has 0 saturated heterocycles. The highest BCUT2D eigenvalue weighted by molar-refractivity contribution is 7.99. The van der Waals surface area contributed by atoms with Crippen LogP contribution in [-0.4, -0.2) is 29.9 Å². The van der Waals surface area contributed by atoms with E-state index in [9.17, 15) is 4.79 Å². The Hall–Kier alpha value is -2.94. The van der Waals surface area contributed by atoms with Gasteiger partial charge in [0.1, 0.15) is 5.39 Å². The summed E-state index contributed by atoms with van der Waals surface area (Å²) in [7, 11) is 0. The van der Waals surface area contributed by atoms with Crippen LogP contribution in [0.4, 0.5) is 0 Å². The van der Waals surface area contributed by atoms with Crippen molar-refractivity contribution in [2.45, 2.75) is 43.5 Å². The molecule has 0 spiro atoms. The number of hydrogen-bond donors (Lipinski definition) is 1. The number of aryl methyl sites for hydroxylation is 1. The number of nitrogens with zero attached hydrogens (tertiary/aromatic N) is 5. The van der Waals surface area contributed by atoms with Gasteiger partial charge >= 0.3 is 0 Å². The topological polar surface area (TPSA) is 102 Å². The number of rotatable bonds is 7. The van der Waals surface area contributed by atoms with Crippen LogP contribution in [0.2, 0.25) is 0 Å². The van der Waals surface area contributed by atoms with E-state index in [0.717, 1.165) is 24.9 Å². The summed E-state index contributed by atoms with van der Waals surface area (Å²) in [5.74, 6) is 1.23. The number of unbranched alkanes of at least 4 members (excludes halogenated alkanes) is 1. The normalized spacial score (nSPS) is 12.5. The van der Waals surface area contributed by atoms with Crippen molar-refractivity contribution in [2.75, 3.05) is 0 Å². The van der Waals surface area contributed by atoms with E-state index in [1.54, 1.807) is 4.68 Å². The first kappa shape index (κ1) is 18.4. The van der Waals surface area contributed by atoms with Crippen LogP contribution in [-0.2, 0) is 6.42 Å². The molecule has 4 rings (SSSR count). The van der Waals surface area contributed by atoms with Crippen molar-refractivity contribution in [1.82, 2.24) is 29.9 Å². The minimum atomic E-state index is -0.226. The fraction of sp³-hybridized carbons (Fsp3) is 0.316. The minimum absolute atomic E-state index is 0.142. The Morgan fingerprint density at radius 3 is 2.86 bits per heavy atom. The largest absolute Gasteiger partial charge is 0.338 e. The zero-order chi connectivity index (χ0) is 19.5. The van der Waals surface area contributed by atoms with Gasteiger partial charge < -0.3 is 9.51 Å². The van der Waals surface area contributed by atoms with E-state index in [2.05, 4.69) is 32.1 Å². The zero-order valence-corrected chi connectivity index (χ0v) is 16.4. The third-order valence-electron chi connectivity index (χ3n) is 4.29. The molecule has 0 aliphatic heterocycles. The molecule has 0 radical (unpaired) electrons. The van der Waals surface area contributed by atoms with Crippen molar-refractivity contribution in [1.29, 1.82) is 0 Å². The number of fused-ring (bicyclic) bond motifs is 1. The molecular formula is C19H20N6O2S. The van der Waals surface area contributed by atoms with E-state index in [1.165, 1.54) is 18.0 Å². The Labute approximate surface area is 165 Å². The van der Waals surface area contributed by atoms with Gasteiger partial charge in [0.2, 0.25) is 5.89 Å². The van der Waals surface area contributed by atoms with Crippen LogP contribution in [0.3, 0.4) is 0 Å². The van der Waals surface area contributed by atoms with E-state index >= 15 is 0 Å². The molecule has 0 amide bonds. The lowest BCUT2D eigenvalue weighted by Crippen LogP contribution is -2.10. The van der Waals surface area contributed by atoms with Gasteiger partial charge in [0.25, 0.3) is 5.56 Å². The number of nitrogens with one attached hydrogen (secondary N) is 1. The second-order valence-corrected chi connectivity index (χ2v) is 7.74. The number of thioether (sulfide) groups is 1. The summed E-state index contributed by atoms with van der Waals surface area (Å²) in [6, 6.07) is 9.60. The maximum absolute atomic E-state index is 12.5. The van der Waals surface area contributed by atoms with Gasteiger partial charge in [-0.2, -0.15) is 10.1 Å². The predicted molar refractivity (Wildman–Crippen MR) is 107 cm³/mol. The summed E-state index contributed by atoms with van der Waals surface area (Å²) in [6.45, 7) is 4.07. The average Bonchev–Trinajstić information content (AvgIpc) is 3.34. The maximum atomic E-state index is 12.5. The number of benzene rings is 1. The van der Waals surface area contributed by atoms with Crippen LogP contribution in [0.1, 0.15) is 43.7 Å². The van der Waals surface area contributed by atoms with Gasteiger partial charge in [0, 0.05) is 6.42 Å². The Morgan fingerprint density at radius 2 is 2.07 bits per heavy atom. The molecule has 0 aliphatic rings. The van der Waals surface area contributed by atoms with E-state index in [1.807, 2.05) is 37.3 Å². The van der Waals surface area contributed by atoms with E-state index in [0.29, 0.717) is 27.9 Å². The fourth-order valence-electron chi connectivity index (χ4n) is 2.80. The van der Waals surface area contributed by atoms with E-state index < -0.39 is 0 Å². The molecule has 0 unspecified atom stereocenters. The first-order valence-electron chi connectivity index (χ1n) is 9.18. The third-order valence-corrected chi connectivity index (χ3v) is 5.26. The van der Waals surface area contributed by atoms with Crippen LogP contribution in [0.25, 0.3) is 16.7 Å². The Kier molecular flexibility index (Phi) is 5.25. The van der Waals surface area contributed by atoms with Crippen molar-refractivity contribution in [3.8, 4) is 5.69 Å². The quantitative estimate of drug-likeness (QED) is 0.375. The van der Waals surface area contributed by atoms with E-state index in [-0.39, 0.29) is 10.8 Å². The maximum Gasteiger partial charge on any atom is 0.262 e. The highest BCUT2D eigenvalue weighted by Crippen LogP contribution is 2.32. The lowest BCUT2D eigenvalue weighted by Gasteiger charge is -2.07. The predicted octanol–water partition coefficient (Wildman–Crippen LogP) is 3.69. The monoisotopic (exact) mass is 396 g/mol. The van der Waals surface area contributed by atoms with Gasteiger partial charge in [-0.25, -0.2) is 9.67 Å². The van der Waals surface area contributed by atoms with Crippen LogP contribution < -0.4 is 5.56 Å². The van der Waals surface area contributed by atoms with Crippen LogP contribution in [0.5, 0.6) is 0 Å². The van der Waals surface area contributed by atoms with E-state index in [4.69, 9.17) is 4.52 Å². The molecule has 4 aromatic rings. The number of H-pyrrole nitrogens is 1. The van der Waals surface area contributed by atoms with Crippen molar-refractivity contribution in [3.63, 3.8) is 0 Å². The minimum Gasteiger partial charge on any atom is -0.338 e. The highest BCUT2D eigenvalue weighted by atomic mass is 32.2. The van der Waals surface area contributed by atoms with Crippen LogP contribution in [0, 0.1) is 0 Å². The summed E-state index contributed by atoms with van der Waals surface area (Å²) in [4.78, 5) is 24.3. The molecule has 28 heavy (non-hydrogen) atoms. The third kappa shape index (κ3) is 3.70. The lowest BCUT2D eigenvalue weighted by molar-refractivity contribution is 0.374. The summed E-state index contributed by atoms with van der Waals surface area (Å²) in [5, 5.41) is 9.13. The van der Waals surface area contributed by atoms with Gasteiger partial charge in [0.05, 0.1) is 17.1 Å². The number of aromatic amines is 1. The van der Waals surface area contributed by atoms with Gasteiger partial charge in [-0.15, -0.1) is 0 Å². The molecule has 3 heterocycles. The van der Waals surface area contributed by atoms with Crippen molar-refractivity contribution in [2.24, 2.45) is 0 Å². The standard InChI is InChI=1S/C19H20N6O2S/c1-3-4-10-15-21-18(27-24-15)12(2)28-19-22-16-14(17(26)23-19)11-20-25(16)13-8-6-5-7-9-13/h5-9,11-12H,3-4,10H2,1-2H3,(H,22,23,26)/t12-/m0/s1. The average molecular weight is 396 g/mol. The first-order valence-corrected chi connectivity index (χ1v) is 10.1. The van der Waals surface area contributed by atoms with Gasteiger partial charge in [-0.3, -0.25) is 4.79 Å². The number of hydrogen-bond acceptors (Lipinski definition) is 7. The van der Waals surface area contributed by atoms with Crippen LogP contribution in [0.15, 0.2) is 51.0 Å².